The predicted octanol–water partition coefficient (Wildman–Crippen LogP) is 2.18. The molecule has 0 aromatic carbocycles. The van der Waals surface area contributed by atoms with Gasteiger partial charge in [-0.15, -0.1) is 0 Å². The van der Waals surface area contributed by atoms with Gasteiger partial charge in [-0.1, -0.05) is 6.92 Å². The fourth-order valence-electron chi connectivity index (χ4n) is 1.68. The fraction of sp³-hybridized carbons (Fsp3) is 1.00. The van der Waals surface area contributed by atoms with Crippen LogP contribution in [0.15, 0.2) is 0 Å². The Balaban J connectivity index is 2.56. The summed E-state index contributed by atoms with van der Waals surface area (Å²) >= 11 is 0. The number of piperidine rings is 1. The van der Waals surface area contributed by atoms with Crippen molar-refractivity contribution >= 4 is 11.0 Å². The Morgan fingerprint density at radius 3 is 2.46 bits per heavy atom. The summed E-state index contributed by atoms with van der Waals surface area (Å²) in [5, 5.41) is 0. The van der Waals surface area contributed by atoms with E-state index in [1.165, 1.54) is 12.8 Å². The van der Waals surface area contributed by atoms with Crippen molar-refractivity contribution in [2.75, 3.05) is 13.1 Å². The molecule has 13 heavy (non-hydrogen) atoms. The molecule has 0 saturated carbocycles. The van der Waals surface area contributed by atoms with Crippen molar-refractivity contribution in [3.63, 3.8) is 0 Å². The van der Waals surface area contributed by atoms with E-state index in [9.17, 15) is 4.21 Å². The van der Waals surface area contributed by atoms with Crippen LogP contribution in [0.2, 0.25) is 0 Å². The minimum absolute atomic E-state index is 0.100. The first-order valence-electron chi connectivity index (χ1n) is 5.08. The van der Waals surface area contributed by atoms with Crippen LogP contribution in [0.5, 0.6) is 0 Å². The second-order valence-electron chi connectivity index (χ2n) is 5.00. The summed E-state index contributed by atoms with van der Waals surface area (Å²) in [5.74, 6) is 0.708. The Bertz CT molecular complexity index is 198. The molecule has 0 radical (unpaired) electrons. The zero-order chi connectivity index (χ0) is 10.1. The van der Waals surface area contributed by atoms with Crippen LogP contribution in [0.25, 0.3) is 0 Å². The standard InChI is InChI=1S/C10H21NOS/c1-9-6-5-7-11(8-9)13(12)10(2,3)4/h9H,5-8H2,1-4H3/t9-,13+/m0/s1. The molecule has 0 N–H and O–H groups in total. The molecule has 1 fully saturated rings. The molecule has 78 valence electrons. The molecule has 0 aliphatic carbocycles. The molecular weight excluding hydrogens is 182 g/mol. The Morgan fingerprint density at radius 2 is 2.00 bits per heavy atom. The molecule has 0 amide bonds. The van der Waals surface area contributed by atoms with Gasteiger partial charge in [-0.25, -0.2) is 8.51 Å². The summed E-state index contributed by atoms with van der Waals surface area (Å²) in [4.78, 5) is 0. The zero-order valence-electron chi connectivity index (χ0n) is 9.17. The van der Waals surface area contributed by atoms with E-state index in [0.717, 1.165) is 13.1 Å². The maximum atomic E-state index is 12.0. The summed E-state index contributed by atoms with van der Waals surface area (Å²) < 4.78 is 14.0. The van der Waals surface area contributed by atoms with Gasteiger partial charge >= 0.3 is 0 Å². The largest absolute Gasteiger partial charge is 0.242 e. The number of hydrogen-bond donors (Lipinski definition) is 0. The van der Waals surface area contributed by atoms with Crippen LogP contribution in [-0.2, 0) is 11.0 Å². The summed E-state index contributed by atoms with van der Waals surface area (Å²) in [7, 11) is -0.811. The molecule has 0 aromatic rings. The number of nitrogens with zero attached hydrogens (tertiary/aromatic N) is 1. The summed E-state index contributed by atoms with van der Waals surface area (Å²) in [5.41, 5.74) is 0. The van der Waals surface area contributed by atoms with E-state index in [-0.39, 0.29) is 4.75 Å². The Hall–Kier alpha value is 0.110. The van der Waals surface area contributed by atoms with Gasteiger partial charge in [0.2, 0.25) is 0 Å². The van der Waals surface area contributed by atoms with E-state index in [1.54, 1.807) is 0 Å². The van der Waals surface area contributed by atoms with Crippen molar-refractivity contribution < 1.29 is 4.21 Å². The van der Waals surface area contributed by atoms with Crippen molar-refractivity contribution in [1.29, 1.82) is 0 Å². The van der Waals surface area contributed by atoms with Gasteiger partial charge in [0.05, 0.1) is 15.7 Å². The molecule has 1 saturated heterocycles. The highest BCUT2D eigenvalue weighted by molar-refractivity contribution is 7.84. The lowest BCUT2D eigenvalue weighted by Crippen LogP contribution is -2.42. The highest BCUT2D eigenvalue weighted by Gasteiger charge is 2.28. The minimum Gasteiger partial charge on any atom is -0.242 e. The predicted molar refractivity (Wildman–Crippen MR) is 57.9 cm³/mol. The summed E-state index contributed by atoms with van der Waals surface area (Å²) in [6.07, 6.45) is 2.49. The van der Waals surface area contributed by atoms with E-state index in [2.05, 4.69) is 11.2 Å². The summed E-state index contributed by atoms with van der Waals surface area (Å²) in [6, 6.07) is 0. The van der Waals surface area contributed by atoms with Crippen molar-refractivity contribution in [1.82, 2.24) is 4.31 Å². The van der Waals surface area contributed by atoms with Gasteiger partial charge in [-0.05, 0) is 39.5 Å². The topological polar surface area (TPSA) is 20.3 Å². The van der Waals surface area contributed by atoms with Crippen molar-refractivity contribution in [3.05, 3.63) is 0 Å². The van der Waals surface area contributed by atoms with Gasteiger partial charge in [0.15, 0.2) is 0 Å². The highest BCUT2D eigenvalue weighted by atomic mass is 32.2. The zero-order valence-corrected chi connectivity index (χ0v) is 9.99. The third-order valence-electron chi connectivity index (χ3n) is 2.38. The van der Waals surface area contributed by atoms with Crippen molar-refractivity contribution in [3.8, 4) is 0 Å². The maximum Gasteiger partial charge on any atom is 0.0997 e. The molecule has 0 spiro atoms. The Kier molecular flexibility index (Phi) is 3.52. The molecule has 1 aliphatic heterocycles. The van der Waals surface area contributed by atoms with Gasteiger partial charge in [0.25, 0.3) is 0 Å². The average Bonchev–Trinajstić information content (AvgIpc) is 2.01. The van der Waals surface area contributed by atoms with Gasteiger partial charge in [-0.3, -0.25) is 0 Å². The van der Waals surface area contributed by atoms with E-state index < -0.39 is 11.0 Å². The van der Waals surface area contributed by atoms with Crippen molar-refractivity contribution in [2.24, 2.45) is 5.92 Å². The molecule has 0 aromatic heterocycles. The minimum atomic E-state index is -0.811. The van der Waals surface area contributed by atoms with Crippen LogP contribution in [-0.4, -0.2) is 26.4 Å². The first kappa shape index (κ1) is 11.2. The molecular formula is C10H21NOS. The fourth-order valence-corrected chi connectivity index (χ4v) is 3.14. The van der Waals surface area contributed by atoms with E-state index >= 15 is 0 Å². The lowest BCUT2D eigenvalue weighted by atomic mass is 10.0. The lowest BCUT2D eigenvalue weighted by molar-refractivity contribution is 0.289. The van der Waals surface area contributed by atoms with Crippen LogP contribution < -0.4 is 0 Å². The molecule has 2 nitrogen and oxygen atoms in total. The van der Waals surface area contributed by atoms with Crippen LogP contribution in [0.3, 0.4) is 0 Å². The molecule has 1 aliphatic rings. The second-order valence-corrected chi connectivity index (χ2v) is 7.24. The van der Waals surface area contributed by atoms with E-state index in [0.29, 0.717) is 5.92 Å². The first-order chi connectivity index (χ1) is 5.91. The molecule has 0 unspecified atom stereocenters. The quantitative estimate of drug-likeness (QED) is 0.639. The van der Waals surface area contributed by atoms with E-state index in [4.69, 9.17) is 0 Å². The molecule has 2 atom stereocenters. The van der Waals surface area contributed by atoms with Crippen LogP contribution in [0, 0.1) is 5.92 Å². The number of hydrogen-bond acceptors (Lipinski definition) is 1. The molecule has 1 rings (SSSR count). The summed E-state index contributed by atoms with van der Waals surface area (Å²) in [6.45, 7) is 10.4. The van der Waals surface area contributed by atoms with E-state index in [1.807, 2.05) is 20.8 Å². The average molecular weight is 203 g/mol. The number of rotatable bonds is 1. The molecule has 0 bridgehead atoms. The SMILES string of the molecule is C[C@H]1CCCN([S@](=O)C(C)(C)C)C1. The van der Waals surface area contributed by atoms with Gasteiger partial charge in [-0.2, -0.15) is 0 Å². The smallest absolute Gasteiger partial charge is 0.0997 e. The maximum absolute atomic E-state index is 12.0. The third-order valence-corrected chi connectivity index (χ3v) is 4.23. The first-order valence-corrected chi connectivity index (χ1v) is 6.19. The van der Waals surface area contributed by atoms with Crippen LogP contribution in [0.4, 0.5) is 0 Å². The van der Waals surface area contributed by atoms with Gasteiger partial charge in [0, 0.05) is 13.1 Å². The monoisotopic (exact) mass is 203 g/mol. The molecule has 3 heteroatoms. The Labute approximate surface area is 84.3 Å². The third kappa shape index (κ3) is 3.06. The highest BCUT2D eigenvalue weighted by Crippen LogP contribution is 2.22. The lowest BCUT2D eigenvalue weighted by Gasteiger charge is -2.34. The second kappa shape index (κ2) is 4.09. The van der Waals surface area contributed by atoms with Gasteiger partial charge in [0.1, 0.15) is 0 Å². The van der Waals surface area contributed by atoms with Gasteiger partial charge < -0.3 is 0 Å². The Morgan fingerprint density at radius 1 is 1.38 bits per heavy atom. The normalized spacial score (nSPS) is 28.8. The molecule has 1 heterocycles. The van der Waals surface area contributed by atoms with Crippen molar-refractivity contribution in [2.45, 2.75) is 45.3 Å². The van der Waals surface area contributed by atoms with Crippen LogP contribution in [0.1, 0.15) is 40.5 Å². The van der Waals surface area contributed by atoms with Crippen LogP contribution >= 0.6 is 0 Å².